The minimum Gasteiger partial charge on any atom is -0.331 e. The summed E-state index contributed by atoms with van der Waals surface area (Å²) in [5, 5.41) is 16.5. The van der Waals surface area contributed by atoms with Crippen molar-refractivity contribution in [2.24, 2.45) is 0 Å². The number of anilines is 1. The Morgan fingerprint density at radius 2 is 1.74 bits per heavy atom. The molecule has 0 fully saturated rings. The molecule has 0 aliphatic carbocycles. The van der Waals surface area contributed by atoms with E-state index in [-0.39, 0.29) is 6.54 Å². The summed E-state index contributed by atoms with van der Waals surface area (Å²) in [5.74, 6) is 1.23. The van der Waals surface area contributed by atoms with Crippen molar-refractivity contribution in [1.29, 1.82) is 0 Å². The number of thioether (sulfide) groups is 1. The lowest BCUT2D eigenvalue weighted by Crippen LogP contribution is -2.29. The van der Waals surface area contributed by atoms with Gasteiger partial charge in [0.2, 0.25) is 0 Å². The molecule has 4 aromatic rings. The van der Waals surface area contributed by atoms with E-state index < -0.39 is 6.03 Å². The molecule has 6 nitrogen and oxygen atoms in total. The highest BCUT2D eigenvalue weighted by Crippen LogP contribution is 2.31. The zero-order valence-electron chi connectivity index (χ0n) is 19.0. The van der Waals surface area contributed by atoms with Gasteiger partial charge in [0.1, 0.15) is 0 Å². The summed E-state index contributed by atoms with van der Waals surface area (Å²) in [6, 6.07) is 18.4. The van der Waals surface area contributed by atoms with Gasteiger partial charge in [0.15, 0.2) is 11.0 Å². The third-order valence-electron chi connectivity index (χ3n) is 5.31. The highest BCUT2D eigenvalue weighted by Gasteiger charge is 2.18. The summed E-state index contributed by atoms with van der Waals surface area (Å²) in [5.41, 5.74) is 4.60. The Morgan fingerprint density at radius 3 is 2.49 bits per heavy atom. The maximum absolute atomic E-state index is 12.5. The Morgan fingerprint density at radius 1 is 0.943 bits per heavy atom. The summed E-state index contributed by atoms with van der Waals surface area (Å²) in [6.45, 7) is 4.10. The number of nitrogens with one attached hydrogen (secondary N) is 2. The molecule has 0 saturated heterocycles. The van der Waals surface area contributed by atoms with Gasteiger partial charge in [-0.3, -0.25) is 4.57 Å². The van der Waals surface area contributed by atoms with Crippen LogP contribution in [0.4, 0.5) is 10.5 Å². The number of halogens is 3. The number of benzene rings is 3. The lowest BCUT2D eigenvalue weighted by atomic mass is 10.1. The fraction of sp³-hybridized carbons (Fsp3) is 0.160. The topological polar surface area (TPSA) is 71.8 Å². The monoisotopic (exact) mass is 545 g/mol. The van der Waals surface area contributed by atoms with Gasteiger partial charge >= 0.3 is 6.03 Å². The van der Waals surface area contributed by atoms with Crippen molar-refractivity contribution < 1.29 is 4.79 Å². The number of amides is 2. The molecule has 0 aliphatic heterocycles. The first-order valence-electron chi connectivity index (χ1n) is 10.7. The number of carbonyl (C=O) groups is 1. The van der Waals surface area contributed by atoms with Gasteiger partial charge in [-0.05, 0) is 60.9 Å². The number of nitrogens with zero attached hydrogens (tertiary/aromatic N) is 3. The van der Waals surface area contributed by atoms with E-state index in [9.17, 15) is 4.79 Å². The SMILES string of the molecule is Cc1ccc(NC(=O)NCc2nnc(SCc3ccccc3C)n2-c2ccc(Cl)cc2Cl)cc1Cl. The van der Waals surface area contributed by atoms with Crippen LogP contribution in [0.25, 0.3) is 5.69 Å². The Bertz CT molecular complexity index is 1380. The van der Waals surface area contributed by atoms with Crippen LogP contribution in [-0.2, 0) is 12.3 Å². The molecule has 0 aliphatic rings. The molecular weight excluding hydrogens is 525 g/mol. The zero-order chi connectivity index (χ0) is 24.9. The first-order valence-corrected chi connectivity index (χ1v) is 12.8. The van der Waals surface area contributed by atoms with E-state index in [2.05, 4.69) is 39.9 Å². The third kappa shape index (κ3) is 6.30. The van der Waals surface area contributed by atoms with Gasteiger partial charge in [-0.25, -0.2) is 4.79 Å². The highest BCUT2D eigenvalue weighted by atomic mass is 35.5. The van der Waals surface area contributed by atoms with Gasteiger partial charge in [0.25, 0.3) is 0 Å². The summed E-state index contributed by atoms with van der Waals surface area (Å²) >= 11 is 20.3. The smallest absolute Gasteiger partial charge is 0.319 e. The molecule has 1 aromatic heterocycles. The summed E-state index contributed by atoms with van der Waals surface area (Å²) < 4.78 is 1.84. The molecule has 0 unspecified atom stereocenters. The van der Waals surface area contributed by atoms with Gasteiger partial charge in [0.05, 0.1) is 17.3 Å². The van der Waals surface area contributed by atoms with Crippen LogP contribution in [0, 0.1) is 13.8 Å². The van der Waals surface area contributed by atoms with Gasteiger partial charge in [0, 0.05) is 21.5 Å². The Kier molecular flexibility index (Phi) is 8.23. The molecule has 0 saturated carbocycles. The molecule has 2 amide bonds. The number of hydrogen-bond acceptors (Lipinski definition) is 4. The minimum atomic E-state index is -0.393. The molecule has 2 N–H and O–H groups in total. The van der Waals surface area contributed by atoms with E-state index in [0.717, 1.165) is 5.56 Å². The average molecular weight is 547 g/mol. The minimum absolute atomic E-state index is 0.127. The summed E-state index contributed by atoms with van der Waals surface area (Å²) in [6.07, 6.45) is 0. The van der Waals surface area contributed by atoms with E-state index in [1.165, 1.54) is 22.9 Å². The van der Waals surface area contributed by atoms with Crippen LogP contribution in [0.2, 0.25) is 15.1 Å². The van der Waals surface area contributed by atoms with E-state index >= 15 is 0 Å². The average Bonchev–Trinajstić information content (AvgIpc) is 3.22. The predicted molar refractivity (Wildman–Crippen MR) is 144 cm³/mol. The van der Waals surface area contributed by atoms with Crippen LogP contribution in [-0.4, -0.2) is 20.8 Å². The van der Waals surface area contributed by atoms with Crippen molar-refractivity contribution in [3.8, 4) is 5.69 Å². The Hall–Kier alpha value is -2.71. The van der Waals surface area contributed by atoms with Crippen LogP contribution in [0.3, 0.4) is 0 Å². The van der Waals surface area contributed by atoms with Crippen molar-refractivity contribution >= 4 is 58.3 Å². The van der Waals surface area contributed by atoms with Gasteiger partial charge in [-0.15, -0.1) is 10.2 Å². The largest absolute Gasteiger partial charge is 0.331 e. The molecule has 0 atom stereocenters. The third-order valence-corrected chi connectivity index (χ3v) is 7.23. The van der Waals surface area contributed by atoms with Crippen LogP contribution >= 0.6 is 46.6 Å². The Balaban J connectivity index is 1.55. The first-order chi connectivity index (χ1) is 16.8. The van der Waals surface area contributed by atoms with Crippen molar-refractivity contribution in [3.63, 3.8) is 0 Å². The van der Waals surface area contributed by atoms with Crippen LogP contribution in [0.5, 0.6) is 0 Å². The Labute approximate surface area is 223 Å². The maximum Gasteiger partial charge on any atom is 0.319 e. The quantitative estimate of drug-likeness (QED) is 0.236. The molecule has 4 rings (SSSR count). The second-order valence-electron chi connectivity index (χ2n) is 7.82. The standard InChI is InChI=1S/C25H22Cl3N5OS/c1-15-5-3-4-6-17(15)14-35-25-32-31-23(33(25)22-10-8-18(26)11-21(22)28)13-29-24(34)30-19-9-7-16(2)20(27)12-19/h3-12H,13-14H2,1-2H3,(H2,29,30,34). The molecule has 1 heterocycles. The lowest BCUT2D eigenvalue weighted by molar-refractivity contribution is 0.251. The fourth-order valence-electron chi connectivity index (χ4n) is 3.33. The molecule has 10 heteroatoms. The van der Waals surface area contributed by atoms with Gasteiger partial charge in [-0.1, -0.05) is 76.9 Å². The number of urea groups is 1. The van der Waals surface area contributed by atoms with E-state index in [1.807, 2.05) is 35.8 Å². The number of carbonyl (C=O) groups excluding carboxylic acids is 1. The van der Waals surface area contributed by atoms with E-state index in [0.29, 0.717) is 43.2 Å². The van der Waals surface area contributed by atoms with Crippen molar-refractivity contribution in [2.75, 3.05) is 5.32 Å². The van der Waals surface area contributed by atoms with Crippen molar-refractivity contribution in [1.82, 2.24) is 20.1 Å². The van der Waals surface area contributed by atoms with Crippen LogP contribution < -0.4 is 10.6 Å². The highest BCUT2D eigenvalue weighted by molar-refractivity contribution is 7.98. The molecule has 0 bridgehead atoms. The second-order valence-corrected chi connectivity index (χ2v) is 10.0. The molecule has 35 heavy (non-hydrogen) atoms. The molecular formula is C25H22Cl3N5OS. The van der Waals surface area contributed by atoms with Crippen molar-refractivity contribution in [2.45, 2.75) is 31.3 Å². The molecule has 180 valence electrons. The van der Waals surface area contributed by atoms with E-state index in [4.69, 9.17) is 34.8 Å². The van der Waals surface area contributed by atoms with Gasteiger partial charge in [-0.2, -0.15) is 0 Å². The lowest BCUT2D eigenvalue weighted by Gasteiger charge is -2.13. The van der Waals surface area contributed by atoms with Crippen molar-refractivity contribution in [3.05, 3.63) is 98.2 Å². The van der Waals surface area contributed by atoms with E-state index in [1.54, 1.807) is 24.3 Å². The summed E-state index contributed by atoms with van der Waals surface area (Å²) in [7, 11) is 0. The normalized spacial score (nSPS) is 10.9. The number of rotatable bonds is 7. The fourth-order valence-corrected chi connectivity index (χ4v) is 5.05. The molecule has 0 spiro atoms. The van der Waals surface area contributed by atoms with Crippen LogP contribution in [0.1, 0.15) is 22.5 Å². The molecule has 0 radical (unpaired) electrons. The summed E-state index contributed by atoms with van der Waals surface area (Å²) in [4.78, 5) is 12.5. The zero-order valence-corrected chi connectivity index (χ0v) is 22.1. The van der Waals surface area contributed by atoms with Crippen LogP contribution in [0.15, 0.2) is 65.8 Å². The number of hydrogen-bond donors (Lipinski definition) is 2. The maximum atomic E-state index is 12.5. The molecule has 3 aromatic carbocycles. The number of aryl methyl sites for hydroxylation is 2. The first kappa shape index (κ1) is 25.4. The second kappa shape index (κ2) is 11.4. The number of aromatic nitrogens is 3. The van der Waals surface area contributed by atoms with Gasteiger partial charge < -0.3 is 10.6 Å². The predicted octanol–water partition coefficient (Wildman–Crippen LogP) is 7.46.